The maximum Gasteiger partial charge on any atom is 0.104 e. The van der Waals surface area contributed by atoms with Gasteiger partial charge >= 0.3 is 0 Å². The summed E-state index contributed by atoms with van der Waals surface area (Å²) in [5.74, 6) is 5.42. The van der Waals surface area contributed by atoms with Gasteiger partial charge in [0.1, 0.15) is 6.61 Å². The van der Waals surface area contributed by atoms with E-state index in [0.717, 1.165) is 16.8 Å². The molecule has 0 saturated carbocycles. The second-order valence-corrected chi connectivity index (χ2v) is 2.53. The van der Waals surface area contributed by atoms with Crippen molar-refractivity contribution in [2.24, 2.45) is 0 Å². The average Bonchev–Trinajstić information content (AvgIpc) is 2.03. The number of nitrogens with two attached hydrogens (primary N) is 1. The van der Waals surface area contributed by atoms with Crippen LogP contribution in [0.5, 0.6) is 0 Å². The Kier molecular flexibility index (Phi) is 2.73. The Morgan fingerprint density at radius 2 is 2.25 bits per heavy atom. The van der Waals surface area contributed by atoms with Gasteiger partial charge in [-0.1, -0.05) is 11.8 Å². The zero-order chi connectivity index (χ0) is 8.97. The highest BCUT2D eigenvalue weighted by Crippen LogP contribution is 2.10. The van der Waals surface area contributed by atoms with Gasteiger partial charge < -0.3 is 10.8 Å². The number of anilines is 1. The summed E-state index contributed by atoms with van der Waals surface area (Å²) in [6, 6.07) is 5.52. The zero-order valence-electron chi connectivity index (χ0n) is 6.96. The van der Waals surface area contributed by atoms with Crippen molar-refractivity contribution in [3.05, 3.63) is 29.3 Å². The lowest BCUT2D eigenvalue weighted by atomic mass is 10.1. The Balaban J connectivity index is 3.01. The molecule has 0 unspecified atom stereocenters. The Morgan fingerprint density at radius 1 is 1.50 bits per heavy atom. The van der Waals surface area contributed by atoms with E-state index in [4.69, 9.17) is 10.8 Å². The second-order valence-electron chi connectivity index (χ2n) is 2.53. The van der Waals surface area contributed by atoms with Crippen LogP contribution in [0.2, 0.25) is 0 Å². The van der Waals surface area contributed by atoms with Gasteiger partial charge in [-0.2, -0.15) is 0 Å². The van der Waals surface area contributed by atoms with E-state index in [2.05, 4.69) is 11.8 Å². The van der Waals surface area contributed by atoms with Gasteiger partial charge in [0.05, 0.1) is 0 Å². The fourth-order valence-electron chi connectivity index (χ4n) is 0.962. The lowest BCUT2D eigenvalue weighted by Gasteiger charge is -1.98. The second kappa shape index (κ2) is 3.80. The molecule has 12 heavy (non-hydrogen) atoms. The quantitative estimate of drug-likeness (QED) is 0.439. The predicted octanol–water partition coefficient (Wildman–Crippen LogP) is 0.921. The molecule has 0 fully saturated rings. The van der Waals surface area contributed by atoms with Gasteiger partial charge in [0.25, 0.3) is 0 Å². The minimum absolute atomic E-state index is 0.107. The van der Waals surface area contributed by atoms with E-state index < -0.39 is 0 Å². The van der Waals surface area contributed by atoms with Crippen LogP contribution in [0.1, 0.15) is 11.1 Å². The van der Waals surface area contributed by atoms with Crippen LogP contribution in [0, 0.1) is 18.8 Å². The minimum atomic E-state index is -0.107. The van der Waals surface area contributed by atoms with E-state index in [1.165, 1.54) is 0 Å². The monoisotopic (exact) mass is 161 g/mol. The van der Waals surface area contributed by atoms with E-state index in [0.29, 0.717) is 0 Å². The summed E-state index contributed by atoms with van der Waals surface area (Å²) >= 11 is 0. The van der Waals surface area contributed by atoms with Crippen LogP contribution in [0.25, 0.3) is 0 Å². The molecule has 0 amide bonds. The summed E-state index contributed by atoms with van der Waals surface area (Å²) in [6.45, 7) is 1.83. The first-order chi connectivity index (χ1) is 5.74. The molecule has 2 heteroatoms. The summed E-state index contributed by atoms with van der Waals surface area (Å²) in [7, 11) is 0. The number of benzene rings is 1. The van der Waals surface area contributed by atoms with Crippen LogP contribution < -0.4 is 5.73 Å². The third-order valence-electron chi connectivity index (χ3n) is 1.55. The van der Waals surface area contributed by atoms with Crippen LogP contribution in [0.15, 0.2) is 18.2 Å². The molecule has 3 N–H and O–H groups in total. The van der Waals surface area contributed by atoms with Crippen LogP contribution in [0.4, 0.5) is 5.69 Å². The fourth-order valence-corrected chi connectivity index (χ4v) is 0.962. The summed E-state index contributed by atoms with van der Waals surface area (Å²) in [5.41, 5.74) is 8.25. The smallest absolute Gasteiger partial charge is 0.104 e. The molecule has 1 aromatic rings. The van der Waals surface area contributed by atoms with Crippen molar-refractivity contribution in [2.45, 2.75) is 6.92 Å². The molecule has 0 aliphatic carbocycles. The molecule has 0 aromatic heterocycles. The molecule has 2 nitrogen and oxygen atoms in total. The SMILES string of the molecule is Cc1cc(N)ccc1C#CCO. The van der Waals surface area contributed by atoms with E-state index in [1.807, 2.05) is 19.1 Å². The van der Waals surface area contributed by atoms with Crippen molar-refractivity contribution in [3.63, 3.8) is 0 Å². The molecule has 0 spiro atoms. The molecular weight excluding hydrogens is 150 g/mol. The number of aliphatic hydroxyl groups is 1. The highest BCUT2D eigenvalue weighted by Gasteiger charge is 1.93. The Hall–Kier alpha value is -1.46. The van der Waals surface area contributed by atoms with E-state index in [-0.39, 0.29) is 6.61 Å². The summed E-state index contributed by atoms with van der Waals surface area (Å²) in [4.78, 5) is 0. The Labute approximate surface area is 72.0 Å². The van der Waals surface area contributed by atoms with Crippen molar-refractivity contribution in [1.29, 1.82) is 0 Å². The molecule has 1 rings (SSSR count). The van der Waals surface area contributed by atoms with Crippen molar-refractivity contribution in [2.75, 3.05) is 12.3 Å². The van der Waals surface area contributed by atoms with Crippen molar-refractivity contribution >= 4 is 5.69 Å². The number of nitrogen functional groups attached to an aromatic ring is 1. The average molecular weight is 161 g/mol. The molecule has 0 aliphatic heterocycles. The van der Waals surface area contributed by atoms with Gasteiger partial charge in [-0.3, -0.25) is 0 Å². The topological polar surface area (TPSA) is 46.2 Å². The molecule has 0 radical (unpaired) electrons. The highest BCUT2D eigenvalue weighted by atomic mass is 16.2. The molecule has 0 atom stereocenters. The molecule has 0 aliphatic rings. The first-order valence-electron chi connectivity index (χ1n) is 3.70. The number of aliphatic hydroxyl groups excluding tert-OH is 1. The summed E-state index contributed by atoms with van der Waals surface area (Å²) in [6.07, 6.45) is 0. The fraction of sp³-hybridized carbons (Fsp3) is 0.200. The first-order valence-corrected chi connectivity index (χ1v) is 3.70. The van der Waals surface area contributed by atoms with Crippen molar-refractivity contribution in [1.82, 2.24) is 0 Å². The normalized spacial score (nSPS) is 8.83. The zero-order valence-corrected chi connectivity index (χ0v) is 6.96. The standard InChI is InChI=1S/C10H11NO/c1-8-7-10(11)5-4-9(8)3-2-6-12/h4-5,7,12H,6,11H2,1H3. The van der Waals surface area contributed by atoms with Gasteiger partial charge in [0, 0.05) is 11.3 Å². The van der Waals surface area contributed by atoms with E-state index in [1.54, 1.807) is 6.07 Å². The highest BCUT2D eigenvalue weighted by molar-refractivity contribution is 5.50. The van der Waals surface area contributed by atoms with Gasteiger partial charge in [-0.05, 0) is 30.7 Å². The lowest BCUT2D eigenvalue weighted by molar-refractivity contribution is 0.350. The lowest BCUT2D eigenvalue weighted by Crippen LogP contribution is -1.88. The van der Waals surface area contributed by atoms with Crippen LogP contribution in [0.3, 0.4) is 0 Å². The third-order valence-corrected chi connectivity index (χ3v) is 1.55. The van der Waals surface area contributed by atoms with E-state index >= 15 is 0 Å². The van der Waals surface area contributed by atoms with Gasteiger partial charge in [-0.15, -0.1) is 0 Å². The minimum Gasteiger partial charge on any atom is -0.399 e. The first kappa shape index (κ1) is 8.63. The van der Waals surface area contributed by atoms with E-state index in [9.17, 15) is 0 Å². The van der Waals surface area contributed by atoms with Gasteiger partial charge in [0.2, 0.25) is 0 Å². The molecule has 62 valence electrons. The molecule has 0 bridgehead atoms. The number of rotatable bonds is 0. The van der Waals surface area contributed by atoms with Crippen molar-refractivity contribution in [3.8, 4) is 11.8 Å². The molecule has 1 aromatic carbocycles. The maximum absolute atomic E-state index is 8.47. The Morgan fingerprint density at radius 3 is 2.83 bits per heavy atom. The van der Waals surface area contributed by atoms with Crippen LogP contribution in [-0.4, -0.2) is 11.7 Å². The molecular formula is C10H11NO. The number of aryl methyl sites for hydroxylation is 1. The van der Waals surface area contributed by atoms with Gasteiger partial charge in [-0.25, -0.2) is 0 Å². The number of hydrogen-bond donors (Lipinski definition) is 2. The largest absolute Gasteiger partial charge is 0.399 e. The maximum atomic E-state index is 8.47. The molecule has 0 saturated heterocycles. The van der Waals surface area contributed by atoms with Crippen molar-refractivity contribution < 1.29 is 5.11 Å². The third kappa shape index (κ3) is 2.01. The van der Waals surface area contributed by atoms with Crippen LogP contribution in [-0.2, 0) is 0 Å². The summed E-state index contributed by atoms with van der Waals surface area (Å²) < 4.78 is 0. The molecule has 0 heterocycles. The predicted molar refractivity (Wildman–Crippen MR) is 49.6 cm³/mol. The van der Waals surface area contributed by atoms with Crippen LogP contribution >= 0.6 is 0 Å². The Bertz CT molecular complexity index is 333. The van der Waals surface area contributed by atoms with Gasteiger partial charge in [0.15, 0.2) is 0 Å². The number of hydrogen-bond acceptors (Lipinski definition) is 2. The summed E-state index contributed by atoms with van der Waals surface area (Å²) in [5, 5.41) is 8.47.